The Morgan fingerprint density at radius 1 is 0.337 bits per heavy atom. The maximum atomic E-state index is 12.3. The van der Waals surface area contributed by atoms with Crippen molar-refractivity contribution in [2.75, 3.05) is 0 Å². The molecule has 3 aliphatic rings. The Hall–Kier alpha value is -5.88. The topological polar surface area (TPSA) is 121 Å². The molecule has 0 bridgehead atoms. The minimum absolute atomic E-state index is 0.0702. The van der Waals surface area contributed by atoms with Gasteiger partial charge in [-0.3, -0.25) is 0 Å². The average Bonchev–Trinajstić information content (AvgIpc) is 0.787. The van der Waals surface area contributed by atoms with Gasteiger partial charge in [-0.05, 0) is 282 Å². The molecule has 6 aromatic rings. The molecule has 6 heteroatoms. The third kappa shape index (κ3) is 13.4. The van der Waals surface area contributed by atoms with Crippen LogP contribution in [-0.4, -0.2) is 30.6 Å². The summed E-state index contributed by atoms with van der Waals surface area (Å²) in [7, 11) is 0. The Morgan fingerprint density at radius 2 is 0.640 bits per heavy atom. The number of hydrogen-bond acceptors (Lipinski definition) is 6. The summed E-state index contributed by atoms with van der Waals surface area (Å²) in [5.74, 6) is 2.31. The highest BCUT2D eigenvalue weighted by atomic mass is 16.3. The van der Waals surface area contributed by atoms with Crippen molar-refractivity contribution in [2.45, 2.75) is 284 Å². The molecule has 6 aromatic carbocycles. The highest BCUT2D eigenvalue weighted by Gasteiger charge is 2.45. The molecule has 3 aliphatic carbocycles. The smallest absolute Gasteiger partial charge is 0.119 e. The van der Waals surface area contributed by atoms with E-state index in [0.717, 1.165) is 155 Å². The molecular weight excluding hydrogens is 1060 g/mol. The van der Waals surface area contributed by atoms with E-state index in [-0.39, 0.29) is 52.4 Å². The van der Waals surface area contributed by atoms with Gasteiger partial charge in [-0.25, -0.2) is 0 Å². The monoisotopic (exact) mass is 1160 g/mol. The van der Waals surface area contributed by atoms with Crippen molar-refractivity contribution < 1.29 is 30.6 Å². The van der Waals surface area contributed by atoms with Gasteiger partial charge >= 0.3 is 0 Å². The van der Waals surface area contributed by atoms with Gasteiger partial charge in [0, 0.05) is 11.3 Å². The molecule has 0 radical (unpaired) electrons. The van der Waals surface area contributed by atoms with Gasteiger partial charge < -0.3 is 30.6 Å². The second-order valence-electron chi connectivity index (χ2n) is 31.0. The van der Waals surface area contributed by atoms with E-state index in [1.54, 1.807) is 0 Å². The first kappa shape index (κ1) is 64.6. The Kier molecular flexibility index (Phi) is 19.0. The molecule has 86 heavy (non-hydrogen) atoms. The van der Waals surface area contributed by atoms with Crippen molar-refractivity contribution in [3.8, 4) is 34.5 Å². The summed E-state index contributed by atoms with van der Waals surface area (Å²) in [6.07, 6.45) is 18.7. The molecule has 0 aliphatic heterocycles. The van der Waals surface area contributed by atoms with Crippen LogP contribution < -0.4 is 0 Å². The van der Waals surface area contributed by atoms with Crippen LogP contribution in [0.1, 0.15) is 320 Å². The van der Waals surface area contributed by atoms with Crippen LogP contribution in [0, 0.1) is 41.5 Å². The van der Waals surface area contributed by atoms with Crippen molar-refractivity contribution in [3.63, 3.8) is 0 Å². The zero-order valence-electron chi connectivity index (χ0n) is 55.8. The van der Waals surface area contributed by atoms with Gasteiger partial charge in [0.1, 0.15) is 34.5 Å². The minimum Gasteiger partial charge on any atom is -0.508 e. The predicted octanol–water partition coefficient (Wildman–Crippen LogP) is 21.7. The van der Waals surface area contributed by atoms with Gasteiger partial charge in [-0.1, -0.05) is 163 Å². The molecule has 0 spiro atoms. The van der Waals surface area contributed by atoms with Gasteiger partial charge in [0.25, 0.3) is 0 Å². The van der Waals surface area contributed by atoms with Crippen molar-refractivity contribution in [3.05, 3.63) is 173 Å². The first-order valence-electron chi connectivity index (χ1n) is 33.4. The zero-order chi connectivity index (χ0) is 62.5. The third-order valence-electron chi connectivity index (χ3n) is 21.4. The van der Waals surface area contributed by atoms with Crippen molar-refractivity contribution >= 4 is 0 Å². The molecule has 6 nitrogen and oxygen atoms in total. The highest BCUT2D eigenvalue weighted by Crippen LogP contribution is 2.57. The number of aryl methyl sites for hydroxylation is 6. The maximum Gasteiger partial charge on any atom is 0.119 e. The van der Waals surface area contributed by atoms with Crippen LogP contribution in [0.15, 0.2) is 72.8 Å². The Bertz CT molecular complexity index is 3270. The average molecular weight is 1170 g/mol. The maximum absolute atomic E-state index is 12.3. The summed E-state index contributed by atoms with van der Waals surface area (Å²) in [5.41, 5.74) is 17.0. The summed E-state index contributed by atoms with van der Waals surface area (Å²) < 4.78 is 0. The van der Waals surface area contributed by atoms with Gasteiger partial charge in [0.05, 0.1) is 0 Å². The molecular formula is C80H108O6. The molecule has 0 aromatic heterocycles. The summed E-state index contributed by atoms with van der Waals surface area (Å²) in [6.45, 7) is 35.1. The van der Waals surface area contributed by atoms with Crippen LogP contribution in [-0.2, 0) is 21.7 Å². The number of hydrogen-bond donors (Lipinski definition) is 6. The lowest BCUT2D eigenvalue weighted by Gasteiger charge is -2.44. The van der Waals surface area contributed by atoms with Crippen LogP contribution in [0.2, 0.25) is 0 Å². The molecule has 9 rings (SSSR count). The normalized spacial score (nSPS) is 17.1. The van der Waals surface area contributed by atoms with Crippen LogP contribution in [0.5, 0.6) is 34.5 Å². The number of phenolic OH excluding ortho intramolecular Hbond substituents is 6. The second-order valence-corrected chi connectivity index (χ2v) is 31.0. The Labute approximate surface area is 519 Å². The van der Waals surface area contributed by atoms with E-state index in [1.165, 1.54) is 41.5 Å². The van der Waals surface area contributed by atoms with E-state index < -0.39 is 16.2 Å². The molecule has 3 saturated carbocycles. The van der Waals surface area contributed by atoms with Gasteiger partial charge in [0.2, 0.25) is 0 Å². The first-order valence-corrected chi connectivity index (χ1v) is 33.4. The largest absolute Gasteiger partial charge is 0.508 e. The fourth-order valence-corrected chi connectivity index (χ4v) is 16.8. The van der Waals surface area contributed by atoms with E-state index in [9.17, 15) is 30.6 Å². The van der Waals surface area contributed by atoms with E-state index in [2.05, 4.69) is 153 Å². The Morgan fingerprint density at radius 3 is 1.00 bits per heavy atom. The van der Waals surface area contributed by atoms with Crippen LogP contribution in [0.4, 0.5) is 0 Å². The lowest BCUT2D eigenvalue weighted by atomic mass is 9.59. The van der Waals surface area contributed by atoms with Gasteiger partial charge in [0.15, 0.2) is 0 Å². The molecule has 464 valence electrons. The fraction of sp³-hybridized carbons (Fsp3) is 0.550. The SMILES string of the molecule is Cc1cc(O)c(C(C)(C)C)cc1C(C)CC(CC(CC(c1cc(C2CCCCC2)c(O)cc1C)c1cc(C2CCCCC2)c(O)cc1C)c1cc(C2CCCCC2)c(O)cc1C)(c1cc(C(C)(C)C)c(O)cc1C)c1cc(C(C)(C)C)c(O)cc1C. The molecule has 0 saturated heterocycles. The third-order valence-corrected chi connectivity index (χ3v) is 21.4. The minimum atomic E-state index is -0.819. The van der Waals surface area contributed by atoms with Gasteiger partial charge in [-0.15, -0.1) is 0 Å². The van der Waals surface area contributed by atoms with Crippen molar-refractivity contribution in [2.24, 2.45) is 0 Å². The fourth-order valence-electron chi connectivity index (χ4n) is 16.8. The van der Waals surface area contributed by atoms with Crippen LogP contribution in [0.3, 0.4) is 0 Å². The number of rotatable bonds is 15. The summed E-state index contributed by atoms with van der Waals surface area (Å²) >= 11 is 0. The van der Waals surface area contributed by atoms with E-state index in [1.807, 2.05) is 30.3 Å². The Balaban J connectivity index is 1.43. The van der Waals surface area contributed by atoms with Crippen LogP contribution >= 0.6 is 0 Å². The number of aromatic hydroxyl groups is 6. The van der Waals surface area contributed by atoms with Crippen molar-refractivity contribution in [1.29, 1.82) is 0 Å². The van der Waals surface area contributed by atoms with Crippen LogP contribution in [0.25, 0.3) is 0 Å². The van der Waals surface area contributed by atoms with E-state index >= 15 is 0 Å². The predicted molar refractivity (Wildman–Crippen MR) is 358 cm³/mol. The molecule has 2 unspecified atom stereocenters. The summed E-state index contributed by atoms with van der Waals surface area (Å²) in [6, 6.07) is 26.2. The molecule has 2 atom stereocenters. The lowest BCUT2D eigenvalue weighted by Crippen LogP contribution is -2.35. The lowest BCUT2D eigenvalue weighted by molar-refractivity contribution is 0.348. The highest BCUT2D eigenvalue weighted by molar-refractivity contribution is 5.59. The quantitative estimate of drug-likeness (QED) is 0.0609. The zero-order valence-corrected chi connectivity index (χ0v) is 55.8. The summed E-state index contributed by atoms with van der Waals surface area (Å²) in [4.78, 5) is 0. The molecule has 6 N–H and O–H groups in total. The van der Waals surface area contributed by atoms with Gasteiger partial charge in [-0.2, -0.15) is 0 Å². The van der Waals surface area contributed by atoms with Crippen molar-refractivity contribution in [1.82, 2.24) is 0 Å². The molecule has 0 heterocycles. The number of benzene rings is 6. The molecule has 3 fully saturated rings. The molecule has 0 amide bonds. The van der Waals surface area contributed by atoms with E-state index in [4.69, 9.17) is 0 Å². The second kappa shape index (κ2) is 25.3. The standard InChI is InChI=1S/C80H108O6/c1-47-35-74(84)68(77(8,9)10)42-58(47)53(7)45-80(66-43-69(78(11,12)13)75(85)36-51(66)5,67-44-70(79(14,15)16)76(86)37-52(67)6)46-57(59-39-62(71(81)32-48(59)2)54-26-20-17-21-27-54)38-65(60-40-63(72(82)33-49(60)3)55-28-22-18-23-29-55)61-41-64(73(83)34-50(61)4)56-30-24-19-25-31-56/h32-37,39-44,53-57,65,81-86H,17-31,38,45-46H2,1-16H3. The number of phenols is 6. The summed E-state index contributed by atoms with van der Waals surface area (Å²) in [5, 5.41) is 72.7. The van der Waals surface area contributed by atoms with E-state index in [0.29, 0.717) is 42.3 Å². The first-order chi connectivity index (χ1) is 40.4.